The molecule has 0 fully saturated rings. The van der Waals surface area contributed by atoms with E-state index in [9.17, 15) is 0 Å². The highest BCUT2D eigenvalue weighted by molar-refractivity contribution is 9.12. The molecule has 2 N–H and O–H groups in total. The quantitative estimate of drug-likeness (QED) is 0.208. The number of fused-ring (bicyclic) bond motifs is 7. The van der Waals surface area contributed by atoms with Crippen LogP contribution in [0.2, 0.25) is 0 Å². The zero-order valence-electron chi connectivity index (χ0n) is 16.1. The van der Waals surface area contributed by atoms with E-state index in [1.807, 2.05) is 12.1 Å². The van der Waals surface area contributed by atoms with E-state index >= 15 is 0 Å². The van der Waals surface area contributed by atoms with Gasteiger partial charge in [0.25, 0.3) is 0 Å². The van der Waals surface area contributed by atoms with Gasteiger partial charge in [0.15, 0.2) is 0 Å². The molecule has 1 nitrogen and oxygen atoms in total. The molecule has 0 saturated carbocycles. The second-order valence-corrected chi connectivity index (χ2v) is 10.3. The minimum absolute atomic E-state index is 0.0871. The van der Waals surface area contributed by atoms with E-state index in [1.54, 1.807) is 0 Å². The number of benzene rings is 4. The van der Waals surface area contributed by atoms with Gasteiger partial charge in [-0.2, -0.15) is 0 Å². The predicted octanol–water partition coefficient (Wildman–Crippen LogP) is 7.32. The van der Waals surface area contributed by atoms with Crippen LogP contribution in [0.5, 0.6) is 0 Å². The van der Waals surface area contributed by atoms with Crippen molar-refractivity contribution in [2.45, 2.75) is 14.6 Å². The third-order valence-electron chi connectivity index (χ3n) is 6.82. The van der Waals surface area contributed by atoms with Crippen molar-refractivity contribution in [3.8, 4) is 11.1 Å². The lowest BCUT2D eigenvalue weighted by molar-refractivity contribution is 0.489. The van der Waals surface area contributed by atoms with Crippen molar-refractivity contribution in [1.82, 2.24) is 0 Å². The fourth-order valence-corrected chi connectivity index (χ4v) is 7.82. The number of rotatable bonds is 1. The molecule has 146 valence electrons. The third kappa shape index (κ3) is 2.03. The minimum atomic E-state index is -0.417. The van der Waals surface area contributed by atoms with E-state index in [4.69, 9.17) is 5.73 Å². The Balaban J connectivity index is 1.82. The Morgan fingerprint density at radius 3 is 1.73 bits per heavy atom. The van der Waals surface area contributed by atoms with Crippen LogP contribution in [0.3, 0.4) is 0 Å². The molecule has 2 aliphatic rings. The fourth-order valence-electron chi connectivity index (χ4n) is 5.67. The maximum atomic E-state index is 6.06. The fraction of sp³-hybridized carbons (Fsp3) is 0.111. The van der Waals surface area contributed by atoms with Gasteiger partial charge in [0, 0.05) is 5.69 Å². The van der Waals surface area contributed by atoms with Crippen LogP contribution in [-0.4, -0.2) is 0 Å². The lowest BCUT2D eigenvalue weighted by atomic mass is 9.65. The lowest BCUT2D eigenvalue weighted by Crippen LogP contribution is -2.43. The van der Waals surface area contributed by atoms with Gasteiger partial charge in [0.2, 0.25) is 0 Å². The van der Waals surface area contributed by atoms with Crippen LogP contribution in [0.25, 0.3) is 11.1 Å². The summed E-state index contributed by atoms with van der Waals surface area (Å²) in [6.07, 6.45) is 0. The van der Waals surface area contributed by atoms with Gasteiger partial charge in [-0.15, -0.1) is 0 Å². The van der Waals surface area contributed by atoms with Crippen molar-refractivity contribution < 1.29 is 0 Å². The first-order valence-electron chi connectivity index (χ1n) is 10.1. The van der Waals surface area contributed by atoms with Crippen LogP contribution in [-0.2, 0) is 9.74 Å². The van der Waals surface area contributed by atoms with Gasteiger partial charge in [-0.25, -0.2) is 0 Å². The van der Waals surface area contributed by atoms with Crippen molar-refractivity contribution in [2.24, 2.45) is 0 Å². The van der Waals surface area contributed by atoms with Crippen LogP contribution >= 0.6 is 31.9 Å². The number of nitrogen functional groups attached to an aromatic ring is 1. The maximum Gasteiger partial charge on any atom is 0.0849 e. The molecule has 1 spiro atoms. The summed E-state index contributed by atoms with van der Waals surface area (Å²) in [5.41, 5.74) is 15.6. The Kier molecular flexibility index (Phi) is 3.88. The minimum Gasteiger partial charge on any atom is -0.399 e. The normalized spacial score (nSPS) is 22.5. The summed E-state index contributed by atoms with van der Waals surface area (Å²) >= 11 is 8.49. The molecule has 6 rings (SSSR count). The molecule has 2 aliphatic carbocycles. The average Bonchev–Trinajstić information content (AvgIpc) is 3.20. The molecule has 2 atom stereocenters. The smallest absolute Gasteiger partial charge is 0.0849 e. The van der Waals surface area contributed by atoms with Crippen molar-refractivity contribution in [2.75, 3.05) is 5.73 Å². The van der Waals surface area contributed by atoms with Gasteiger partial charge in [-0.1, -0.05) is 117 Å². The summed E-state index contributed by atoms with van der Waals surface area (Å²) < 4.78 is -0.417. The summed E-state index contributed by atoms with van der Waals surface area (Å²) in [5.74, 6) is 0. The van der Waals surface area contributed by atoms with Crippen LogP contribution in [0, 0.1) is 0 Å². The van der Waals surface area contributed by atoms with Crippen molar-refractivity contribution in [3.63, 3.8) is 0 Å². The van der Waals surface area contributed by atoms with Gasteiger partial charge < -0.3 is 5.73 Å². The highest BCUT2D eigenvalue weighted by atomic mass is 79.9. The highest BCUT2D eigenvalue weighted by Crippen LogP contribution is 2.73. The molecule has 30 heavy (non-hydrogen) atoms. The summed E-state index contributed by atoms with van der Waals surface area (Å²) in [5, 5.41) is 0. The van der Waals surface area contributed by atoms with E-state index in [-0.39, 0.29) is 10.2 Å². The molecule has 0 heterocycles. The molecule has 0 aliphatic heterocycles. The third-order valence-corrected chi connectivity index (χ3v) is 10.1. The molecule has 3 heteroatoms. The van der Waals surface area contributed by atoms with Crippen LogP contribution in [0.1, 0.15) is 32.6 Å². The summed E-state index contributed by atoms with van der Waals surface area (Å²) in [4.78, 5) is 0.0871. The van der Waals surface area contributed by atoms with E-state index in [0.29, 0.717) is 0 Å². The van der Waals surface area contributed by atoms with Gasteiger partial charge in [0.05, 0.1) is 14.6 Å². The largest absolute Gasteiger partial charge is 0.399 e. The van der Waals surface area contributed by atoms with Crippen LogP contribution in [0.15, 0.2) is 97.1 Å². The monoisotopic (exact) mass is 515 g/mol. The average molecular weight is 517 g/mol. The molecule has 0 amide bonds. The molecule has 0 aromatic heterocycles. The molecule has 0 saturated heterocycles. The van der Waals surface area contributed by atoms with Crippen LogP contribution in [0.4, 0.5) is 5.69 Å². The van der Waals surface area contributed by atoms with E-state index in [0.717, 1.165) is 5.69 Å². The van der Waals surface area contributed by atoms with Gasteiger partial charge in [-0.05, 0) is 51.1 Å². The van der Waals surface area contributed by atoms with Gasteiger partial charge >= 0.3 is 0 Å². The van der Waals surface area contributed by atoms with Crippen molar-refractivity contribution in [1.29, 1.82) is 0 Å². The Bertz CT molecular complexity index is 1250. The summed E-state index contributed by atoms with van der Waals surface area (Å²) in [6.45, 7) is 0. The first-order valence-corrected chi connectivity index (χ1v) is 11.8. The Morgan fingerprint density at radius 2 is 1.13 bits per heavy atom. The Morgan fingerprint density at radius 1 is 0.633 bits per heavy atom. The van der Waals surface area contributed by atoms with Gasteiger partial charge in [0.1, 0.15) is 0 Å². The van der Waals surface area contributed by atoms with Gasteiger partial charge in [-0.3, -0.25) is 0 Å². The highest BCUT2D eigenvalue weighted by Gasteiger charge is 2.66. The predicted molar refractivity (Wildman–Crippen MR) is 131 cm³/mol. The number of halogens is 2. The van der Waals surface area contributed by atoms with E-state index in [1.165, 1.54) is 38.9 Å². The second-order valence-electron chi connectivity index (χ2n) is 8.12. The number of hydrogen-bond donors (Lipinski definition) is 1. The topological polar surface area (TPSA) is 26.0 Å². The summed E-state index contributed by atoms with van der Waals surface area (Å²) in [6, 6.07) is 34.9. The standard InChI is InChI=1S/C27H19Br2N/c28-25-21-9-3-6-12-24(21)26(27(25,29)17-13-15-18(30)16-14-17)22-10-4-1-7-19(22)20-8-2-5-11-23(20)26/h1-16,25H,30H2. The van der Waals surface area contributed by atoms with Crippen molar-refractivity contribution in [3.05, 3.63) is 125 Å². The number of hydrogen-bond acceptors (Lipinski definition) is 1. The first kappa shape index (κ1) is 18.4. The number of nitrogens with two attached hydrogens (primary N) is 1. The molecule has 0 radical (unpaired) electrons. The lowest BCUT2D eigenvalue weighted by Gasteiger charge is -2.44. The van der Waals surface area contributed by atoms with Crippen molar-refractivity contribution >= 4 is 37.5 Å². The Labute approximate surface area is 193 Å². The van der Waals surface area contributed by atoms with E-state index < -0.39 is 4.32 Å². The zero-order valence-corrected chi connectivity index (χ0v) is 19.3. The molecule has 4 aromatic rings. The molecule has 2 unspecified atom stereocenters. The Hall–Kier alpha value is -2.36. The summed E-state index contributed by atoms with van der Waals surface area (Å²) in [7, 11) is 0. The molecule has 4 aromatic carbocycles. The van der Waals surface area contributed by atoms with E-state index in [2.05, 4.69) is 117 Å². The number of anilines is 1. The first-order chi connectivity index (χ1) is 14.6. The molecular weight excluding hydrogens is 498 g/mol. The molecular formula is C27H19Br2N. The SMILES string of the molecule is Nc1ccc(C2(Br)C(Br)c3ccccc3C23c2ccccc2-c2ccccc23)cc1. The maximum absolute atomic E-state index is 6.06. The molecule has 0 bridgehead atoms. The van der Waals surface area contributed by atoms with Crippen LogP contribution < -0.4 is 5.73 Å². The second kappa shape index (κ2) is 6.32. The number of alkyl halides is 2. The zero-order chi connectivity index (χ0) is 20.5.